The summed E-state index contributed by atoms with van der Waals surface area (Å²) >= 11 is 0. The number of benzene rings is 1. The molecule has 32 heavy (non-hydrogen) atoms. The van der Waals surface area contributed by atoms with Gasteiger partial charge in [0, 0.05) is 25.8 Å². The minimum absolute atomic E-state index is 0.0216. The average molecular weight is 446 g/mol. The zero-order valence-electron chi connectivity index (χ0n) is 19.1. The maximum Gasteiger partial charge on any atom is 0.309 e. The molecule has 8 heteroatoms. The first-order valence-electron chi connectivity index (χ1n) is 10.4. The van der Waals surface area contributed by atoms with Crippen LogP contribution < -0.4 is 9.47 Å². The lowest BCUT2D eigenvalue weighted by atomic mass is 10.0. The Morgan fingerprint density at radius 1 is 1.06 bits per heavy atom. The summed E-state index contributed by atoms with van der Waals surface area (Å²) in [6, 6.07) is 10.8. The maximum absolute atomic E-state index is 12.5. The predicted octanol–water partition coefficient (Wildman–Crippen LogP) is 3.67. The smallest absolute Gasteiger partial charge is 0.309 e. The number of Topliss-reactive ketones (excluding diaryl/α,β-unsaturated/α-hetero) is 1. The Hall–Kier alpha value is -3.13. The van der Waals surface area contributed by atoms with Crippen LogP contribution in [-0.2, 0) is 14.3 Å². The number of nitrogens with zero attached hydrogens (tertiary/aromatic N) is 1. The van der Waals surface area contributed by atoms with Gasteiger partial charge >= 0.3 is 5.97 Å². The van der Waals surface area contributed by atoms with Crippen LogP contribution in [-0.4, -0.2) is 54.9 Å². The number of ketones is 1. The number of hydrogen-bond donors (Lipinski definition) is 1. The van der Waals surface area contributed by atoms with Gasteiger partial charge in [0.25, 0.3) is 0 Å². The molecule has 1 N–H and O–H groups in total. The third-order valence-electron chi connectivity index (χ3n) is 5.00. The molecule has 174 valence electrons. The highest BCUT2D eigenvalue weighted by atomic mass is 16.6. The summed E-state index contributed by atoms with van der Waals surface area (Å²) in [7, 11) is 2.91. The maximum atomic E-state index is 12.5. The molecule has 0 aliphatic carbocycles. The van der Waals surface area contributed by atoms with Crippen molar-refractivity contribution in [3.63, 3.8) is 0 Å². The standard InChI is InChI=1S/C24H31NO7/c1-15(2)23(32-17-9-7-6-8-10-17)20(30-5)14-31-24(28)16(3)13-18(26)21-22(27)19(29-4)11-12-25-21/h6-12,15-16,20,23,27H,13-14H2,1-5H3/t16-,20-,23-/m1/s1. The van der Waals surface area contributed by atoms with Gasteiger partial charge in [0.1, 0.15) is 24.6 Å². The number of rotatable bonds is 12. The molecule has 0 bridgehead atoms. The van der Waals surface area contributed by atoms with Crippen LogP contribution in [0.5, 0.6) is 17.2 Å². The van der Waals surface area contributed by atoms with Gasteiger partial charge in [-0.15, -0.1) is 0 Å². The molecule has 8 nitrogen and oxygen atoms in total. The Balaban J connectivity index is 1.97. The van der Waals surface area contributed by atoms with E-state index >= 15 is 0 Å². The lowest BCUT2D eigenvalue weighted by Gasteiger charge is -2.29. The van der Waals surface area contributed by atoms with Crippen molar-refractivity contribution < 1.29 is 33.6 Å². The van der Waals surface area contributed by atoms with Crippen LogP contribution in [0.4, 0.5) is 0 Å². The van der Waals surface area contributed by atoms with E-state index in [0.717, 1.165) is 0 Å². The van der Waals surface area contributed by atoms with Crippen molar-refractivity contribution in [3.8, 4) is 17.2 Å². The first-order chi connectivity index (χ1) is 15.3. The molecule has 0 unspecified atom stereocenters. The fourth-order valence-corrected chi connectivity index (χ4v) is 3.16. The Labute approximate surface area is 188 Å². The highest BCUT2D eigenvalue weighted by Gasteiger charge is 2.30. The van der Waals surface area contributed by atoms with E-state index in [1.54, 1.807) is 6.92 Å². The number of carbonyl (C=O) groups excluding carboxylic acids is 2. The van der Waals surface area contributed by atoms with Gasteiger partial charge in [-0.2, -0.15) is 0 Å². The van der Waals surface area contributed by atoms with Crippen molar-refractivity contribution in [2.75, 3.05) is 20.8 Å². The third kappa shape index (κ3) is 6.68. The molecule has 2 rings (SSSR count). The Bertz CT molecular complexity index is 885. The van der Waals surface area contributed by atoms with Crippen LogP contribution in [0.2, 0.25) is 0 Å². The summed E-state index contributed by atoms with van der Waals surface area (Å²) in [5.74, 6) is -1.19. The number of ether oxygens (including phenoxy) is 4. The number of methoxy groups -OCH3 is 2. The van der Waals surface area contributed by atoms with E-state index in [1.807, 2.05) is 44.2 Å². The molecule has 0 aliphatic heterocycles. The van der Waals surface area contributed by atoms with Crippen LogP contribution in [0, 0.1) is 11.8 Å². The fraction of sp³-hybridized carbons (Fsp3) is 0.458. The zero-order chi connectivity index (χ0) is 23.7. The minimum atomic E-state index is -0.736. The van der Waals surface area contributed by atoms with E-state index in [4.69, 9.17) is 18.9 Å². The molecular weight excluding hydrogens is 414 g/mol. The fourth-order valence-electron chi connectivity index (χ4n) is 3.16. The van der Waals surface area contributed by atoms with Crippen molar-refractivity contribution in [2.45, 2.75) is 39.4 Å². The topological polar surface area (TPSA) is 104 Å². The number of esters is 1. The minimum Gasteiger partial charge on any atom is -0.503 e. The van der Waals surface area contributed by atoms with Crippen LogP contribution in [0.25, 0.3) is 0 Å². The Morgan fingerprint density at radius 3 is 2.34 bits per heavy atom. The summed E-state index contributed by atoms with van der Waals surface area (Å²) in [5.41, 5.74) is -0.144. The van der Waals surface area contributed by atoms with E-state index in [0.29, 0.717) is 5.75 Å². The van der Waals surface area contributed by atoms with Crippen molar-refractivity contribution in [3.05, 3.63) is 48.3 Å². The van der Waals surface area contributed by atoms with Crippen LogP contribution in [0.3, 0.4) is 0 Å². The SMILES string of the molecule is COc1ccnc(C(=O)C[C@@H](C)C(=O)OC[C@@H](OC)[C@H](Oc2ccccc2)C(C)C)c1O. The number of aromatic hydroxyl groups is 1. The number of para-hydroxylation sites is 1. The van der Waals surface area contributed by atoms with Crippen molar-refractivity contribution in [1.29, 1.82) is 0 Å². The van der Waals surface area contributed by atoms with Gasteiger partial charge in [0.2, 0.25) is 0 Å². The average Bonchev–Trinajstić information content (AvgIpc) is 2.78. The van der Waals surface area contributed by atoms with Gasteiger partial charge in [0.05, 0.1) is 13.0 Å². The molecule has 1 heterocycles. The molecule has 0 saturated carbocycles. The lowest BCUT2D eigenvalue weighted by molar-refractivity contribution is -0.154. The normalized spacial score (nSPS) is 13.8. The molecule has 2 aromatic rings. The van der Waals surface area contributed by atoms with Crippen LogP contribution in [0.15, 0.2) is 42.6 Å². The molecular formula is C24H31NO7. The van der Waals surface area contributed by atoms with Crippen molar-refractivity contribution in [1.82, 2.24) is 4.98 Å². The molecule has 0 aliphatic rings. The van der Waals surface area contributed by atoms with Crippen molar-refractivity contribution >= 4 is 11.8 Å². The van der Waals surface area contributed by atoms with E-state index < -0.39 is 23.8 Å². The van der Waals surface area contributed by atoms with Gasteiger partial charge in [-0.3, -0.25) is 9.59 Å². The predicted molar refractivity (Wildman–Crippen MR) is 118 cm³/mol. The summed E-state index contributed by atoms with van der Waals surface area (Å²) in [6.07, 6.45) is 0.353. The molecule has 0 spiro atoms. The number of hydrogen-bond acceptors (Lipinski definition) is 8. The lowest BCUT2D eigenvalue weighted by Crippen LogP contribution is -2.41. The Kier molecular flexibility index (Phi) is 9.46. The van der Waals surface area contributed by atoms with E-state index in [2.05, 4.69) is 4.98 Å². The van der Waals surface area contributed by atoms with Crippen LogP contribution in [0.1, 0.15) is 37.7 Å². The number of carbonyl (C=O) groups is 2. The molecule has 0 amide bonds. The monoisotopic (exact) mass is 445 g/mol. The van der Waals surface area contributed by atoms with Gasteiger partial charge in [-0.05, 0) is 18.1 Å². The third-order valence-corrected chi connectivity index (χ3v) is 5.00. The second kappa shape index (κ2) is 12.0. The van der Waals surface area contributed by atoms with Gasteiger partial charge in [-0.25, -0.2) is 4.98 Å². The highest BCUT2D eigenvalue weighted by molar-refractivity contribution is 5.99. The molecule has 0 radical (unpaired) electrons. The zero-order valence-corrected chi connectivity index (χ0v) is 19.1. The Morgan fingerprint density at radius 2 is 1.75 bits per heavy atom. The van der Waals surface area contributed by atoms with Gasteiger partial charge in [-0.1, -0.05) is 39.0 Å². The summed E-state index contributed by atoms with van der Waals surface area (Å²) in [4.78, 5) is 28.9. The molecule has 1 aromatic heterocycles. The van der Waals surface area contributed by atoms with Crippen LogP contribution >= 0.6 is 0 Å². The van der Waals surface area contributed by atoms with E-state index in [-0.39, 0.29) is 42.2 Å². The molecule has 0 saturated heterocycles. The first kappa shape index (κ1) is 25.1. The quantitative estimate of drug-likeness (QED) is 0.390. The van der Waals surface area contributed by atoms with E-state index in [9.17, 15) is 14.7 Å². The first-order valence-corrected chi connectivity index (χ1v) is 10.4. The molecule has 1 aromatic carbocycles. The van der Waals surface area contributed by atoms with Gasteiger partial charge in [0.15, 0.2) is 23.0 Å². The van der Waals surface area contributed by atoms with Crippen molar-refractivity contribution in [2.24, 2.45) is 11.8 Å². The largest absolute Gasteiger partial charge is 0.503 e. The highest BCUT2D eigenvalue weighted by Crippen LogP contribution is 2.29. The van der Waals surface area contributed by atoms with Gasteiger partial charge < -0.3 is 24.1 Å². The summed E-state index contributed by atoms with van der Waals surface area (Å²) < 4.78 is 22.0. The number of aromatic nitrogens is 1. The molecule has 3 atom stereocenters. The summed E-state index contributed by atoms with van der Waals surface area (Å²) in [6.45, 7) is 5.55. The number of pyridine rings is 1. The molecule has 0 fully saturated rings. The second-order valence-corrected chi connectivity index (χ2v) is 7.78. The second-order valence-electron chi connectivity index (χ2n) is 7.78. The summed E-state index contributed by atoms with van der Waals surface area (Å²) in [5, 5.41) is 10.1. The van der Waals surface area contributed by atoms with E-state index in [1.165, 1.54) is 26.5 Å².